The summed E-state index contributed by atoms with van der Waals surface area (Å²) < 4.78 is 0. The molecule has 1 saturated carbocycles. The minimum atomic E-state index is 0.151. The molecule has 0 atom stereocenters. The summed E-state index contributed by atoms with van der Waals surface area (Å²) in [4.78, 5) is 19.0. The monoisotopic (exact) mass is 322 g/mol. The van der Waals surface area contributed by atoms with Gasteiger partial charge in [-0.15, -0.1) is 0 Å². The fourth-order valence-electron chi connectivity index (χ4n) is 3.53. The predicted octanol–water partition coefficient (Wildman–Crippen LogP) is 2.52. The van der Waals surface area contributed by atoms with E-state index in [0.29, 0.717) is 24.4 Å². The number of carbonyl (C=O) groups excluding carboxylic acids is 1. The number of amides is 1. The molecule has 0 spiro atoms. The topological polar surface area (TPSA) is 56.7 Å². The molecule has 1 saturated heterocycles. The van der Waals surface area contributed by atoms with Crippen LogP contribution < -0.4 is 10.6 Å². The Balaban J connectivity index is 1.77. The Hall–Kier alpha value is -1.26. The van der Waals surface area contributed by atoms with Crippen molar-refractivity contribution in [2.24, 2.45) is 10.4 Å². The summed E-state index contributed by atoms with van der Waals surface area (Å²) in [6, 6.07) is 0.396. The largest absolute Gasteiger partial charge is 0.357 e. The molecule has 5 nitrogen and oxygen atoms in total. The summed E-state index contributed by atoms with van der Waals surface area (Å²) in [5, 5.41) is 6.53. The van der Waals surface area contributed by atoms with Crippen LogP contribution in [0, 0.1) is 5.41 Å². The lowest BCUT2D eigenvalue weighted by Crippen LogP contribution is -2.41. The van der Waals surface area contributed by atoms with E-state index in [-0.39, 0.29) is 5.91 Å². The predicted molar refractivity (Wildman–Crippen MR) is 95.6 cm³/mol. The number of carbonyl (C=O) groups is 1. The first-order valence-corrected chi connectivity index (χ1v) is 9.33. The molecule has 5 heteroatoms. The van der Waals surface area contributed by atoms with Crippen LogP contribution in [0.3, 0.4) is 0 Å². The third kappa shape index (κ3) is 6.04. The smallest absolute Gasteiger partial charge is 0.222 e. The number of aliphatic imine (C=N–C) groups is 1. The molecule has 0 unspecified atom stereocenters. The van der Waals surface area contributed by atoms with Crippen LogP contribution in [0.2, 0.25) is 0 Å². The Morgan fingerprint density at radius 1 is 1.26 bits per heavy atom. The van der Waals surface area contributed by atoms with Gasteiger partial charge in [-0.25, -0.2) is 0 Å². The van der Waals surface area contributed by atoms with Crippen molar-refractivity contribution in [3.63, 3.8) is 0 Å². The van der Waals surface area contributed by atoms with E-state index < -0.39 is 0 Å². The lowest BCUT2D eigenvalue weighted by molar-refractivity contribution is -0.121. The van der Waals surface area contributed by atoms with Gasteiger partial charge in [-0.3, -0.25) is 9.79 Å². The van der Waals surface area contributed by atoms with Gasteiger partial charge < -0.3 is 15.5 Å². The molecule has 2 fully saturated rings. The maximum absolute atomic E-state index is 12.1. The highest BCUT2D eigenvalue weighted by molar-refractivity contribution is 5.81. The van der Waals surface area contributed by atoms with E-state index in [1.165, 1.54) is 25.7 Å². The van der Waals surface area contributed by atoms with Gasteiger partial charge in [0.25, 0.3) is 0 Å². The van der Waals surface area contributed by atoms with Crippen molar-refractivity contribution < 1.29 is 4.79 Å². The van der Waals surface area contributed by atoms with Crippen LogP contribution in [-0.2, 0) is 4.79 Å². The van der Waals surface area contributed by atoms with Crippen molar-refractivity contribution in [2.75, 3.05) is 26.2 Å². The van der Waals surface area contributed by atoms with Gasteiger partial charge in [-0.05, 0) is 31.6 Å². The Labute approximate surface area is 141 Å². The average Bonchev–Trinajstić information content (AvgIpc) is 2.87. The highest BCUT2D eigenvalue weighted by atomic mass is 16.1. The third-order valence-electron chi connectivity index (χ3n) is 4.88. The molecule has 2 N–H and O–H groups in total. The Morgan fingerprint density at radius 3 is 2.61 bits per heavy atom. The van der Waals surface area contributed by atoms with E-state index in [2.05, 4.69) is 41.3 Å². The summed E-state index contributed by atoms with van der Waals surface area (Å²) in [6.45, 7) is 10.2. The Bertz CT molecular complexity index is 413. The number of likely N-dealkylation sites (tertiary alicyclic amines) is 1. The van der Waals surface area contributed by atoms with Crippen LogP contribution in [-0.4, -0.2) is 49.0 Å². The fraction of sp³-hybridized carbons (Fsp3) is 0.889. The van der Waals surface area contributed by atoms with Crippen molar-refractivity contribution >= 4 is 11.9 Å². The minimum Gasteiger partial charge on any atom is -0.357 e. The molecule has 132 valence electrons. The zero-order valence-corrected chi connectivity index (χ0v) is 15.2. The maximum atomic E-state index is 12.1. The molecule has 2 rings (SSSR count). The van der Waals surface area contributed by atoms with Crippen molar-refractivity contribution in [2.45, 2.75) is 71.8 Å². The van der Waals surface area contributed by atoms with E-state index in [4.69, 9.17) is 0 Å². The standard InChI is InChI=1S/C18H34N4O/c1-4-19-17(22-13-11-18(2,3)14-22)20-12-10-16(23)21-15-8-6-5-7-9-15/h15H,4-14H2,1-3H3,(H,19,20)(H,21,23). The molecule has 1 amide bonds. The molecular weight excluding hydrogens is 288 g/mol. The molecule has 0 bridgehead atoms. The van der Waals surface area contributed by atoms with Gasteiger partial charge in [0.2, 0.25) is 5.91 Å². The normalized spacial score (nSPS) is 22.2. The highest BCUT2D eigenvalue weighted by Crippen LogP contribution is 2.28. The SMILES string of the molecule is CCNC(=NCCC(=O)NC1CCCCC1)N1CCC(C)(C)C1. The molecule has 0 radical (unpaired) electrons. The number of nitrogens with zero attached hydrogens (tertiary/aromatic N) is 2. The number of guanidine groups is 1. The van der Waals surface area contributed by atoms with E-state index in [0.717, 1.165) is 38.4 Å². The number of nitrogens with one attached hydrogen (secondary N) is 2. The first kappa shape index (κ1) is 18.1. The number of hydrogen-bond donors (Lipinski definition) is 2. The van der Waals surface area contributed by atoms with Crippen LogP contribution >= 0.6 is 0 Å². The van der Waals surface area contributed by atoms with Gasteiger partial charge in [-0.2, -0.15) is 0 Å². The average molecular weight is 322 g/mol. The first-order valence-electron chi connectivity index (χ1n) is 9.33. The molecular formula is C18H34N4O. The van der Waals surface area contributed by atoms with Crippen LogP contribution in [0.25, 0.3) is 0 Å². The van der Waals surface area contributed by atoms with Crippen molar-refractivity contribution in [3.8, 4) is 0 Å². The van der Waals surface area contributed by atoms with E-state index in [1.54, 1.807) is 0 Å². The second-order valence-corrected chi connectivity index (χ2v) is 7.72. The Kier molecular flexibility index (Phi) is 6.72. The van der Waals surface area contributed by atoms with Crippen molar-refractivity contribution in [3.05, 3.63) is 0 Å². The van der Waals surface area contributed by atoms with E-state index >= 15 is 0 Å². The molecule has 2 aliphatic rings. The fourth-order valence-corrected chi connectivity index (χ4v) is 3.53. The number of hydrogen-bond acceptors (Lipinski definition) is 2. The van der Waals surface area contributed by atoms with Crippen molar-refractivity contribution in [1.82, 2.24) is 15.5 Å². The summed E-state index contributed by atoms with van der Waals surface area (Å²) in [7, 11) is 0. The highest BCUT2D eigenvalue weighted by Gasteiger charge is 2.30. The number of rotatable bonds is 5. The maximum Gasteiger partial charge on any atom is 0.222 e. The molecule has 0 aromatic heterocycles. The lowest BCUT2D eigenvalue weighted by Gasteiger charge is -2.24. The van der Waals surface area contributed by atoms with E-state index in [9.17, 15) is 4.79 Å². The van der Waals surface area contributed by atoms with Crippen LogP contribution in [0.1, 0.15) is 65.7 Å². The van der Waals surface area contributed by atoms with Gasteiger partial charge in [0.1, 0.15) is 0 Å². The molecule has 1 aliphatic heterocycles. The third-order valence-corrected chi connectivity index (χ3v) is 4.88. The molecule has 0 aromatic carbocycles. The summed E-state index contributed by atoms with van der Waals surface area (Å²) in [5.41, 5.74) is 0.356. The van der Waals surface area contributed by atoms with Crippen molar-refractivity contribution in [1.29, 1.82) is 0 Å². The summed E-state index contributed by atoms with van der Waals surface area (Å²) >= 11 is 0. The van der Waals surface area contributed by atoms with Crippen LogP contribution in [0.4, 0.5) is 0 Å². The zero-order chi connectivity index (χ0) is 16.7. The van der Waals surface area contributed by atoms with Gasteiger partial charge >= 0.3 is 0 Å². The van der Waals surface area contributed by atoms with Gasteiger partial charge in [0, 0.05) is 32.1 Å². The van der Waals surface area contributed by atoms with Crippen LogP contribution in [0.15, 0.2) is 4.99 Å². The first-order chi connectivity index (χ1) is 11.0. The molecule has 1 heterocycles. The molecule has 0 aromatic rings. The second kappa shape index (κ2) is 8.55. The summed E-state index contributed by atoms with van der Waals surface area (Å²) in [6.07, 6.45) is 7.77. The molecule has 1 aliphatic carbocycles. The quantitative estimate of drug-likeness (QED) is 0.604. The summed E-state index contributed by atoms with van der Waals surface area (Å²) in [5.74, 6) is 1.11. The molecule has 23 heavy (non-hydrogen) atoms. The van der Waals surface area contributed by atoms with Gasteiger partial charge in [0.05, 0.1) is 6.54 Å². The zero-order valence-electron chi connectivity index (χ0n) is 15.2. The van der Waals surface area contributed by atoms with Gasteiger partial charge in [-0.1, -0.05) is 33.1 Å². The Morgan fingerprint density at radius 2 is 2.00 bits per heavy atom. The van der Waals surface area contributed by atoms with Crippen LogP contribution in [0.5, 0.6) is 0 Å². The minimum absolute atomic E-state index is 0.151. The second-order valence-electron chi connectivity index (χ2n) is 7.72. The van der Waals surface area contributed by atoms with Gasteiger partial charge in [0.15, 0.2) is 5.96 Å². The van der Waals surface area contributed by atoms with E-state index in [1.807, 2.05) is 0 Å². The lowest BCUT2D eigenvalue weighted by atomic mass is 9.93.